The summed E-state index contributed by atoms with van der Waals surface area (Å²) >= 11 is 1.71. The van der Waals surface area contributed by atoms with E-state index in [1.54, 1.807) is 11.3 Å². The fourth-order valence-corrected chi connectivity index (χ4v) is 1.66. The van der Waals surface area contributed by atoms with Crippen LogP contribution in [0.15, 0.2) is 29.2 Å². The summed E-state index contributed by atoms with van der Waals surface area (Å²) in [6.45, 7) is 0. The minimum atomic E-state index is 1.19. The number of thiophene rings is 1. The Bertz CT molecular complexity index is 335. The van der Waals surface area contributed by atoms with Gasteiger partial charge in [0.15, 0.2) is 0 Å². The van der Waals surface area contributed by atoms with Crippen LogP contribution in [0.1, 0.15) is 0 Å². The van der Waals surface area contributed by atoms with Gasteiger partial charge in [0.1, 0.15) is 0 Å². The molecule has 0 saturated heterocycles. The van der Waals surface area contributed by atoms with Gasteiger partial charge >= 0.3 is 0 Å². The van der Waals surface area contributed by atoms with Crippen molar-refractivity contribution in [2.75, 3.05) is 0 Å². The van der Waals surface area contributed by atoms with Gasteiger partial charge < -0.3 is 0 Å². The lowest BCUT2D eigenvalue weighted by atomic mass is 10.2. The van der Waals surface area contributed by atoms with Crippen molar-refractivity contribution in [3.05, 3.63) is 29.2 Å². The quantitative estimate of drug-likeness (QED) is 0.631. The second-order valence-corrected chi connectivity index (χ2v) is 3.19. The zero-order valence-corrected chi connectivity index (χ0v) is 7.01. The molecule has 2 aromatic rings. The number of hydrogen-bond acceptors (Lipinski definition) is 2. The molecular weight excluding hydrogens is 156 g/mol. The first-order valence-corrected chi connectivity index (χ1v) is 4.32. The van der Waals surface area contributed by atoms with E-state index in [1.165, 1.54) is 11.1 Å². The average molecular weight is 164 g/mol. The van der Waals surface area contributed by atoms with Gasteiger partial charge in [-0.1, -0.05) is 0 Å². The third kappa shape index (κ3) is 1.19. The van der Waals surface area contributed by atoms with E-state index >= 15 is 0 Å². The summed E-state index contributed by atoms with van der Waals surface area (Å²) in [4.78, 5) is 0. The second-order valence-electron chi connectivity index (χ2n) is 2.41. The summed E-state index contributed by atoms with van der Waals surface area (Å²) in [5.41, 5.74) is 2.44. The lowest BCUT2D eigenvalue weighted by Gasteiger charge is -1.86. The number of rotatable bonds is 1. The molecule has 56 valence electrons. The van der Waals surface area contributed by atoms with Crippen LogP contribution in [0.3, 0.4) is 0 Å². The monoisotopic (exact) mass is 164 g/mol. The van der Waals surface area contributed by atoms with Crippen LogP contribution >= 0.6 is 11.3 Å². The fourth-order valence-electron chi connectivity index (χ4n) is 0.999. The summed E-state index contributed by atoms with van der Waals surface area (Å²) in [7, 11) is 1.93. The zero-order valence-electron chi connectivity index (χ0n) is 6.19. The van der Waals surface area contributed by atoms with Crippen molar-refractivity contribution in [2.45, 2.75) is 0 Å². The lowest BCUT2D eigenvalue weighted by Crippen LogP contribution is -1.83. The molecule has 0 fully saturated rings. The SMILES string of the molecule is Cn1cc(-c2ccsc2)cn1. The average Bonchev–Trinajstić information content (AvgIpc) is 2.55. The predicted molar refractivity (Wildman–Crippen MR) is 46.5 cm³/mol. The Balaban J connectivity index is 2.45. The van der Waals surface area contributed by atoms with Crippen LogP contribution < -0.4 is 0 Å². The smallest absolute Gasteiger partial charge is 0.0568 e. The summed E-state index contributed by atoms with van der Waals surface area (Å²) in [6, 6.07) is 2.10. The van der Waals surface area contributed by atoms with Crippen molar-refractivity contribution in [3.8, 4) is 11.1 Å². The molecule has 2 nitrogen and oxygen atoms in total. The molecule has 0 aliphatic heterocycles. The van der Waals surface area contributed by atoms with Gasteiger partial charge in [-0.25, -0.2) is 0 Å². The topological polar surface area (TPSA) is 17.8 Å². The highest BCUT2D eigenvalue weighted by molar-refractivity contribution is 7.08. The fraction of sp³-hybridized carbons (Fsp3) is 0.125. The molecular formula is C8H8N2S. The Labute approximate surface area is 69.1 Å². The van der Waals surface area contributed by atoms with E-state index < -0.39 is 0 Å². The maximum Gasteiger partial charge on any atom is 0.0568 e. The molecule has 0 atom stereocenters. The third-order valence-corrected chi connectivity index (χ3v) is 2.24. The zero-order chi connectivity index (χ0) is 7.68. The Morgan fingerprint density at radius 3 is 2.91 bits per heavy atom. The van der Waals surface area contributed by atoms with Crippen LogP contribution in [-0.2, 0) is 7.05 Å². The molecule has 2 heterocycles. The molecule has 0 spiro atoms. The highest BCUT2D eigenvalue weighted by atomic mass is 32.1. The van der Waals surface area contributed by atoms with E-state index in [9.17, 15) is 0 Å². The first-order valence-electron chi connectivity index (χ1n) is 3.37. The Morgan fingerprint density at radius 1 is 1.45 bits per heavy atom. The number of nitrogens with zero attached hydrogens (tertiary/aromatic N) is 2. The molecule has 0 bridgehead atoms. The first kappa shape index (κ1) is 6.61. The Morgan fingerprint density at radius 2 is 2.36 bits per heavy atom. The molecule has 0 amide bonds. The summed E-state index contributed by atoms with van der Waals surface area (Å²) in [5, 5.41) is 8.29. The first-order chi connectivity index (χ1) is 5.36. The highest BCUT2D eigenvalue weighted by Gasteiger charge is 1.98. The van der Waals surface area contributed by atoms with Crippen molar-refractivity contribution >= 4 is 11.3 Å². The standard InChI is InChI=1S/C8H8N2S/c1-10-5-8(4-9-10)7-2-3-11-6-7/h2-6H,1H3. The number of hydrogen-bond donors (Lipinski definition) is 0. The van der Waals surface area contributed by atoms with Gasteiger partial charge in [0.2, 0.25) is 0 Å². The molecule has 2 rings (SSSR count). The van der Waals surface area contributed by atoms with Crippen LogP contribution in [0.4, 0.5) is 0 Å². The maximum atomic E-state index is 4.09. The molecule has 3 heteroatoms. The summed E-state index contributed by atoms with van der Waals surface area (Å²) in [6.07, 6.45) is 3.89. The lowest BCUT2D eigenvalue weighted by molar-refractivity contribution is 0.768. The van der Waals surface area contributed by atoms with Crippen molar-refractivity contribution in [3.63, 3.8) is 0 Å². The summed E-state index contributed by atoms with van der Waals surface area (Å²) < 4.78 is 1.81. The van der Waals surface area contributed by atoms with E-state index in [2.05, 4.69) is 21.9 Å². The van der Waals surface area contributed by atoms with Gasteiger partial charge in [0, 0.05) is 18.8 Å². The maximum absolute atomic E-state index is 4.09. The second kappa shape index (κ2) is 2.51. The van der Waals surface area contributed by atoms with E-state index in [-0.39, 0.29) is 0 Å². The van der Waals surface area contributed by atoms with Crippen LogP contribution in [0, 0.1) is 0 Å². The highest BCUT2D eigenvalue weighted by Crippen LogP contribution is 2.20. The van der Waals surface area contributed by atoms with Crippen LogP contribution in [0.2, 0.25) is 0 Å². The summed E-state index contributed by atoms with van der Waals surface area (Å²) in [5.74, 6) is 0. The number of aromatic nitrogens is 2. The minimum absolute atomic E-state index is 1.19. The number of aryl methyl sites for hydroxylation is 1. The molecule has 0 N–H and O–H groups in total. The van der Waals surface area contributed by atoms with Crippen molar-refractivity contribution in [1.82, 2.24) is 9.78 Å². The predicted octanol–water partition coefficient (Wildman–Crippen LogP) is 2.15. The molecule has 0 aliphatic carbocycles. The van der Waals surface area contributed by atoms with Crippen molar-refractivity contribution < 1.29 is 0 Å². The van der Waals surface area contributed by atoms with Gasteiger partial charge in [-0.05, 0) is 22.4 Å². The van der Waals surface area contributed by atoms with Crippen LogP contribution in [0.25, 0.3) is 11.1 Å². The molecule has 0 aromatic carbocycles. The molecule has 0 saturated carbocycles. The molecule has 0 radical (unpaired) electrons. The van der Waals surface area contributed by atoms with Gasteiger partial charge in [-0.3, -0.25) is 4.68 Å². The molecule has 0 unspecified atom stereocenters. The van der Waals surface area contributed by atoms with E-state index in [0.29, 0.717) is 0 Å². The van der Waals surface area contributed by atoms with Gasteiger partial charge in [0.05, 0.1) is 6.20 Å². The van der Waals surface area contributed by atoms with Crippen molar-refractivity contribution in [1.29, 1.82) is 0 Å². The normalized spacial score (nSPS) is 10.3. The van der Waals surface area contributed by atoms with Crippen molar-refractivity contribution in [2.24, 2.45) is 7.05 Å². The minimum Gasteiger partial charge on any atom is -0.275 e. The molecule has 11 heavy (non-hydrogen) atoms. The molecule has 0 aliphatic rings. The Kier molecular flexibility index (Phi) is 1.51. The molecule has 2 aromatic heterocycles. The van der Waals surface area contributed by atoms with Gasteiger partial charge in [-0.15, -0.1) is 0 Å². The van der Waals surface area contributed by atoms with Crippen LogP contribution in [0.5, 0.6) is 0 Å². The van der Waals surface area contributed by atoms with E-state index in [1.807, 2.05) is 24.1 Å². The van der Waals surface area contributed by atoms with Crippen LogP contribution in [-0.4, -0.2) is 9.78 Å². The largest absolute Gasteiger partial charge is 0.275 e. The van der Waals surface area contributed by atoms with Gasteiger partial charge in [0.25, 0.3) is 0 Å². The van der Waals surface area contributed by atoms with E-state index in [4.69, 9.17) is 0 Å². The third-order valence-electron chi connectivity index (χ3n) is 1.56. The van der Waals surface area contributed by atoms with E-state index in [0.717, 1.165) is 0 Å². The Hall–Kier alpha value is -1.09. The van der Waals surface area contributed by atoms with Gasteiger partial charge in [-0.2, -0.15) is 16.4 Å².